The third-order valence-electron chi connectivity index (χ3n) is 3.57. The molecule has 0 radical (unpaired) electrons. The molecule has 0 saturated carbocycles. The van der Waals surface area contributed by atoms with Crippen molar-refractivity contribution < 1.29 is 9.47 Å². The fourth-order valence-electron chi connectivity index (χ4n) is 2.53. The quantitative estimate of drug-likeness (QED) is 0.853. The van der Waals surface area contributed by atoms with E-state index in [-0.39, 0.29) is 0 Å². The first-order chi connectivity index (χ1) is 8.15. The average molecular weight is 235 g/mol. The van der Waals surface area contributed by atoms with Gasteiger partial charge in [-0.15, -0.1) is 0 Å². The molecule has 1 aliphatic heterocycles. The minimum Gasteiger partial charge on any atom is -0.496 e. The molecule has 3 nitrogen and oxygen atoms in total. The Labute approximate surface area is 103 Å². The predicted octanol–water partition coefficient (Wildman–Crippen LogP) is 2.28. The summed E-state index contributed by atoms with van der Waals surface area (Å²) in [5, 5.41) is 3.50. The van der Waals surface area contributed by atoms with Crippen molar-refractivity contribution in [1.82, 2.24) is 5.32 Å². The number of rotatable bonds is 2. The third kappa shape index (κ3) is 2.31. The lowest BCUT2D eigenvalue weighted by Gasteiger charge is -2.27. The molecule has 1 aromatic carbocycles. The first-order valence-electron chi connectivity index (χ1n) is 6.11. The summed E-state index contributed by atoms with van der Waals surface area (Å²) in [4.78, 5) is 0. The van der Waals surface area contributed by atoms with Gasteiger partial charge in [0.05, 0.1) is 26.4 Å². The Kier molecular flexibility index (Phi) is 3.69. The van der Waals surface area contributed by atoms with E-state index >= 15 is 0 Å². The van der Waals surface area contributed by atoms with Crippen LogP contribution in [0.3, 0.4) is 0 Å². The van der Waals surface area contributed by atoms with Gasteiger partial charge in [0.1, 0.15) is 5.75 Å². The van der Waals surface area contributed by atoms with Gasteiger partial charge in [-0.25, -0.2) is 0 Å². The zero-order valence-corrected chi connectivity index (χ0v) is 11.1. The van der Waals surface area contributed by atoms with Gasteiger partial charge in [0.2, 0.25) is 0 Å². The van der Waals surface area contributed by atoms with Crippen molar-refractivity contribution in [2.45, 2.75) is 26.8 Å². The molecule has 0 aromatic heterocycles. The molecule has 1 heterocycles. The maximum Gasteiger partial charge on any atom is 0.124 e. The summed E-state index contributed by atoms with van der Waals surface area (Å²) < 4.78 is 11.0. The number of nitrogens with one attached hydrogen (secondary N) is 1. The minimum absolute atomic E-state index is 0.312. The second kappa shape index (κ2) is 5.07. The Bertz CT molecular complexity index is 409. The summed E-state index contributed by atoms with van der Waals surface area (Å²) >= 11 is 0. The van der Waals surface area contributed by atoms with E-state index in [1.165, 1.54) is 22.3 Å². The van der Waals surface area contributed by atoms with Gasteiger partial charge in [-0.2, -0.15) is 0 Å². The standard InChI is InChI=1S/C14H21NO2/c1-9-7-12(13-8-17-6-5-15-13)10(2)11(3)14(9)16-4/h7,13,15H,5-6,8H2,1-4H3. The molecule has 0 aliphatic carbocycles. The Morgan fingerprint density at radius 2 is 2.06 bits per heavy atom. The van der Waals surface area contributed by atoms with E-state index < -0.39 is 0 Å². The van der Waals surface area contributed by atoms with E-state index in [1.54, 1.807) is 7.11 Å². The molecule has 1 aromatic rings. The van der Waals surface area contributed by atoms with Gasteiger partial charge in [0.15, 0.2) is 0 Å². The lowest BCUT2D eigenvalue weighted by Crippen LogP contribution is -2.35. The van der Waals surface area contributed by atoms with Crippen LogP contribution in [0.15, 0.2) is 6.07 Å². The molecule has 1 fully saturated rings. The number of ether oxygens (including phenoxy) is 2. The van der Waals surface area contributed by atoms with Gasteiger partial charge in [0, 0.05) is 6.54 Å². The van der Waals surface area contributed by atoms with Crippen molar-refractivity contribution >= 4 is 0 Å². The highest BCUT2D eigenvalue weighted by atomic mass is 16.5. The van der Waals surface area contributed by atoms with Crippen molar-refractivity contribution in [3.63, 3.8) is 0 Å². The highest BCUT2D eigenvalue weighted by Gasteiger charge is 2.20. The van der Waals surface area contributed by atoms with E-state index in [2.05, 4.69) is 32.2 Å². The number of benzene rings is 1. The number of morpholine rings is 1. The van der Waals surface area contributed by atoms with Crippen LogP contribution < -0.4 is 10.1 Å². The number of aryl methyl sites for hydroxylation is 1. The first kappa shape index (κ1) is 12.4. The van der Waals surface area contributed by atoms with Crippen LogP contribution in [0.25, 0.3) is 0 Å². The molecule has 1 N–H and O–H groups in total. The van der Waals surface area contributed by atoms with E-state index in [0.29, 0.717) is 6.04 Å². The van der Waals surface area contributed by atoms with Crippen molar-refractivity contribution in [3.8, 4) is 5.75 Å². The highest BCUT2D eigenvalue weighted by molar-refractivity contribution is 5.50. The van der Waals surface area contributed by atoms with E-state index in [0.717, 1.165) is 25.5 Å². The monoisotopic (exact) mass is 235 g/mol. The average Bonchev–Trinajstić information content (AvgIpc) is 2.35. The normalized spacial score (nSPS) is 20.4. The molecular weight excluding hydrogens is 214 g/mol. The van der Waals surface area contributed by atoms with Crippen molar-refractivity contribution in [2.24, 2.45) is 0 Å². The fraction of sp³-hybridized carbons (Fsp3) is 0.571. The van der Waals surface area contributed by atoms with Crippen LogP contribution in [0.4, 0.5) is 0 Å². The second-order valence-electron chi connectivity index (χ2n) is 4.65. The van der Waals surface area contributed by atoms with Gasteiger partial charge in [-0.1, -0.05) is 6.07 Å². The summed E-state index contributed by atoms with van der Waals surface area (Å²) in [6.45, 7) is 8.86. The molecule has 1 unspecified atom stereocenters. The molecule has 1 saturated heterocycles. The van der Waals surface area contributed by atoms with Gasteiger partial charge in [-0.3, -0.25) is 0 Å². The number of methoxy groups -OCH3 is 1. The molecule has 0 amide bonds. The van der Waals surface area contributed by atoms with Crippen molar-refractivity contribution in [2.75, 3.05) is 26.9 Å². The largest absolute Gasteiger partial charge is 0.496 e. The summed E-state index contributed by atoms with van der Waals surface area (Å²) in [6, 6.07) is 2.53. The zero-order valence-electron chi connectivity index (χ0n) is 11.1. The van der Waals surface area contributed by atoms with E-state index in [9.17, 15) is 0 Å². The topological polar surface area (TPSA) is 30.5 Å². The van der Waals surface area contributed by atoms with Gasteiger partial charge in [-0.05, 0) is 43.0 Å². The third-order valence-corrected chi connectivity index (χ3v) is 3.57. The van der Waals surface area contributed by atoms with Gasteiger partial charge >= 0.3 is 0 Å². The smallest absolute Gasteiger partial charge is 0.124 e. The molecule has 0 bridgehead atoms. The van der Waals surface area contributed by atoms with E-state index in [4.69, 9.17) is 9.47 Å². The SMILES string of the molecule is COc1c(C)cc(C2COCCN2)c(C)c1C. The Hall–Kier alpha value is -1.06. The summed E-state index contributed by atoms with van der Waals surface area (Å²) in [5.74, 6) is 1.00. The Morgan fingerprint density at radius 1 is 1.29 bits per heavy atom. The molecular formula is C14H21NO2. The zero-order chi connectivity index (χ0) is 12.4. The molecule has 94 valence electrons. The van der Waals surface area contributed by atoms with Crippen molar-refractivity contribution in [3.05, 3.63) is 28.3 Å². The van der Waals surface area contributed by atoms with Crippen molar-refractivity contribution in [1.29, 1.82) is 0 Å². The van der Waals surface area contributed by atoms with Crippen LogP contribution in [0, 0.1) is 20.8 Å². The lowest BCUT2D eigenvalue weighted by atomic mass is 9.94. The van der Waals surface area contributed by atoms with E-state index in [1.807, 2.05) is 0 Å². The summed E-state index contributed by atoms with van der Waals surface area (Å²) in [7, 11) is 1.73. The second-order valence-corrected chi connectivity index (χ2v) is 4.65. The molecule has 3 heteroatoms. The van der Waals surface area contributed by atoms with Crippen LogP contribution in [-0.4, -0.2) is 26.9 Å². The summed E-state index contributed by atoms with van der Waals surface area (Å²) in [5.41, 5.74) is 5.06. The van der Waals surface area contributed by atoms with Crippen LogP contribution >= 0.6 is 0 Å². The predicted molar refractivity (Wildman–Crippen MR) is 68.8 cm³/mol. The number of hydrogen-bond donors (Lipinski definition) is 1. The molecule has 2 rings (SSSR count). The van der Waals surface area contributed by atoms with Gasteiger partial charge in [0.25, 0.3) is 0 Å². The molecule has 1 atom stereocenters. The van der Waals surface area contributed by atoms with Crippen LogP contribution in [0.2, 0.25) is 0 Å². The molecule has 1 aliphatic rings. The Morgan fingerprint density at radius 3 is 2.65 bits per heavy atom. The Balaban J connectivity index is 2.40. The maximum atomic E-state index is 5.53. The van der Waals surface area contributed by atoms with Crippen LogP contribution in [0.1, 0.15) is 28.3 Å². The fourth-order valence-corrected chi connectivity index (χ4v) is 2.53. The number of hydrogen-bond acceptors (Lipinski definition) is 3. The lowest BCUT2D eigenvalue weighted by molar-refractivity contribution is 0.0766. The van der Waals surface area contributed by atoms with Gasteiger partial charge < -0.3 is 14.8 Å². The highest BCUT2D eigenvalue weighted by Crippen LogP contribution is 2.32. The molecule has 0 spiro atoms. The maximum absolute atomic E-state index is 5.53. The minimum atomic E-state index is 0.312. The summed E-state index contributed by atoms with van der Waals surface area (Å²) in [6.07, 6.45) is 0. The van der Waals surface area contributed by atoms with Crippen LogP contribution in [0.5, 0.6) is 5.75 Å². The van der Waals surface area contributed by atoms with Crippen LogP contribution in [-0.2, 0) is 4.74 Å². The molecule has 17 heavy (non-hydrogen) atoms. The first-order valence-corrected chi connectivity index (χ1v) is 6.11.